The Bertz CT molecular complexity index is 626. The van der Waals surface area contributed by atoms with Crippen molar-refractivity contribution in [2.24, 2.45) is 0 Å². The molecule has 3 nitrogen and oxygen atoms in total. The van der Waals surface area contributed by atoms with Crippen molar-refractivity contribution in [3.8, 4) is 0 Å². The molecule has 21 heavy (non-hydrogen) atoms. The highest BCUT2D eigenvalue weighted by Crippen LogP contribution is 2.19. The summed E-state index contributed by atoms with van der Waals surface area (Å²) in [5.41, 5.74) is 1.77. The zero-order chi connectivity index (χ0) is 15.2. The second-order valence-corrected chi connectivity index (χ2v) is 4.99. The number of carbonyl (C=O) groups is 1. The first-order valence-corrected chi connectivity index (χ1v) is 6.87. The van der Waals surface area contributed by atoms with Crippen molar-refractivity contribution in [2.75, 3.05) is 0 Å². The predicted molar refractivity (Wildman–Crippen MR) is 79.3 cm³/mol. The lowest BCUT2D eigenvalue weighted by atomic mass is 10.1. The van der Waals surface area contributed by atoms with Crippen LogP contribution in [0.2, 0.25) is 5.02 Å². The standard InChI is InChI=1S/C16H15ClFNO2/c17-14-6-3-7-15(18)13(14)8-16(21)19-9-11-4-1-2-5-12(11)10-20/h1-7,20H,8-10H2,(H,19,21). The van der Waals surface area contributed by atoms with Crippen LogP contribution in [0.1, 0.15) is 16.7 Å². The van der Waals surface area contributed by atoms with Crippen LogP contribution in [-0.2, 0) is 24.4 Å². The van der Waals surface area contributed by atoms with Crippen LogP contribution in [0.15, 0.2) is 42.5 Å². The number of aliphatic hydroxyl groups is 1. The first-order chi connectivity index (χ1) is 10.1. The molecule has 0 aliphatic rings. The lowest BCUT2D eigenvalue weighted by molar-refractivity contribution is -0.120. The lowest BCUT2D eigenvalue weighted by Crippen LogP contribution is -2.25. The maximum absolute atomic E-state index is 13.6. The van der Waals surface area contributed by atoms with E-state index in [0.29, 0.717) is 0 Å². The maximum Gasteiger partial charge on any atom is 0.224 e. The smallest absolute Gasteiger partial charge is 0.224 e. The summed E-state index contributed by atoms with van der Waals surface area (Å²) < 4.78 is 13.6. The van der Waals surface area contributed by atoms with E-state index in [4.69, 9.17) is 11.6 Å². The zero-order valence-electron chi connectivity index (χ0n) is 11.3. The molecule has 2 aromatic rings. The van der Waals surface area contributed by atoms with Gasteiger partial charge in [-0.25, -0.2) is 4.39 Å². The van der Waals surface area contributed by atoms with E-state index in [9.17, 15) is 14.3 Å². The van der Waals surface area contributed by atoms with Crippen LogP contribution in [-0.4, -0.2) is 11.0 Å². The third kappa shape index (κ3) is 4.03. The van der Waals surface area contributed by atoms with Gasteiger partial charge in [-0.1, -0.05) is 41.9 Å². The Labute approximate surface area is 127 Å². The Morgan fingerprint density at radius 1 is 1.14 bits per heavy atom. The summed E-state index contributed by atoms with van der Waals surface area (Å²) in [5.74, 6) is -0.817. The molecule has 2 N–H and O–H groups in total. The first-order valence-electron chi connectivity index (χ1n) is 6.49. The van der Waals surface area contributed by atoms with E-state index in [1.165, 1.54) is 12.1 Å². The quantitative estimate of drug-likeness (QED) is 0.892. The number of amides is 1. The number of carbonyl (C=O) groups excluding carboxylic acids is 1. The molecule has 0 spiro atoms. The Morgan fingerprint density at radius 3 is 2.52 bits per heavy atom. The lowest BCUT2D eigenvalue weighted by Gasteiger charge is -2.10. The maximum atomic E-state index is 13.6. The fraction of sp³-hybridized carbons (Fsp3) is 0.188. The summed E-state index contributed by atoms with van der Waals surface area (Å²) in [6.07, 6.45) is -0.118. The summed E-state index contributed by atoms with van der Waals surface area (Å²) in [7, 11) is 0. The van der Waals surface area contributed by atoms with Gasteiger partial charge in [0.25, 0.3) is 0 Å². The Hall–Kier alpha value is -1.91. The van der Waals surface area contributed by atoms with E-state index in [2.05, 4.69) is 5.32 Å². The zero-order valence-corrected chi connectivity index (χ0v) is 12.0. The molecule has 110 valence electrons. The fourth-order valence-electron chi connectivity index (χ4n) is 2.00. The highest BCUT2D eigenvalue weighted by atomic mass is 35.5. The first kappa shape index (κ1) is 15.5. The summed E-state index contributed by atoms with van der Waals surface area (Å²) >= 11 is 5.89. The van der Waals surface area contributed by atoms with Crippen molar-refractivity contribution >= 4 is 17.5 Å². The number of hydrogen-bond acceptors (Lipinski definition) is 2. The van der Waals surface area contributed by atoms with Crippen LogP contribution in [0.25, 0.3) is 0 Å². The van der Waals surface area contributed by atoms with Crippen molar-refractivity contribution in [1.82, 2.24) is 5.32 Å². The van der Waals surface area contributed by atoms with Gasteiger partial charge in [-0.3, -0.25) is 4.79 Å². The summed E-state index contributed by atoms with van der Waals surface area (Å²) in [6.45, 7) is 0.187. The Morgan fingerprint density at radius 2 is 1.86 bits per heavy atom. The van der Waals surface area contributed by atoms with Crippen molar-refractivity contribution in [2.45, 2.75) is 19.6 Å². The summed E-state index contributed by atoms with van der Waals surface area (Å²) in [6, 6.07) is 11.6. The minimum Gasteiger partial charge on any atom is -0.392 e. The summed E-state index contributed by atoms with van der Waals surface area (Å²) in [5, 5.41) is 12.2. The van der Waals surface area contributed by atoms with Crippen LogP contribution < -0.4 is 5.32 Å². The molecule has 5 heteroatoms. The predicted octanol–water partition coefficient (Wildman–Crippen LogP) is 2.83. The topological polar surface area (TPSA) is 49.3 Å². The number of nitrogens with one attached hydrogen (secondary N) is 1. The fourth-order valence-corrected chi connectivity index (χ4v) is 2.23. The number of hydrogen-bond donors (Lipinski definition) is 2. The second-order valence-electron chi connectivity index (χ2n) is 4.58. The normalized spacial score (nSPS) is 10.4. The molecule has 0 aromatic heterocycles. The molecule has 1 amide bonds. The van der Waals surface area contributed by atoms with E-state index < -0.39 is 5.82 Å². The SMILES string of the molecule is O=C(Cc1c(F)cccc1Cl)NCc1ccccc1CO. The molecule has 0 atom stereocenters. The molecule has 0 saturated carbocycles. The molecule has 0 radical (unpaired) electrons. The van der Waals surface area contributed by atoms with Gasteiger partial charge >= 0.3 is 0 Å². The number of halogens is 2. The van der Waals surface area contributed by atoms with Crippen molar-refractivity contribution in [3.63, 3.8) is 0 Å². The molecular formula is C16H15ClFNO2. The molecule has 0 aliphatic carbocycles. The Kier molecular flexibility index (Phi) is 5.31. The second kappa shape index (κ2) is 7.20. The molecule has 0 unspecified atom stereocenters. The van der Waals surface area contributed by atoms with Crippen LogP contribution in [0.5, 0.6) is 0 Å². The van der Waals surface area contributed by atoms with Crippen molar-refractivity contribution in [1.29, 1.82) is 0 Å². The van der Waals surface area contributed by atoms with Crippen LogP contribution in [0.4, 0.5) is 4.39 Å². The van der Waals surface area contributed by atoms with Crippen molar-refractivity contribution < 1.29 is 14.3 Å². The monoisotopic (exact) mass is 307 g/mol. The average molecular weight is 308 g/mol. The van der Waals surface area contributed by atoms with Gasteiger partial charge in [-0.15, -0.1) is 0 Å². The number of rotatable bonds is 5. The third-order valence-electron chi connectivity index (χ3n) is 3.16. The largest absolute Gasteiger partial charge is 0.392 e. The van der Waals surface area contributed by atoms with E-state index in [1.54, 1.807) is 12.1 Å². The average Bonchev–Trinajstić information content (AvgIpc) is 2.49. The third-order valence-corrected chi connectivity index (χ3v) is 3.52. The molecule has 0 aliphatic heterocycles. The summed E-state index contributed by atoms with van der Waals surface area (Å²) in [4.78, 5) is 11.9. The van der Waals surface area contributed by atoms with Gasteiger partial charge in [0.15, 0.2) is 0 Å². The molecule has 0 heterocycles. The minimum absolute atomic E-state index is 0.0921. The van der Waals surface area contributed by atoms with Crippen LogP contribution in [0.3, 0.4) is 0 Å². The molecule has 2 rings (SSSR count). The number of benzene rings is 2. The van der Waals surface area contributed by atoms with Gasteiger partial charge in [0.05, 0.1) is 13.0 Å². The molecule has 0 fully saturated rings. The van der Waals surface area contributed by atoms with Gasteiger partial charge in [-0.05, 0) is 23.3 Å². The Balaban J connectivity index is 1.99. The highest BCUT2D eigenvalue weighted by Gasteiger charge is 2.12. The highest BCUT2D eigenvalue weighted by molar-refractivity contribution is 6.31. The molecule has 2 aromatic carbocycles. The number of aliphatic hydroxyl groups excluding tert-OH is 1. The van der Waals surface area contributed by atoms with E-state index in [0.717, 1.165) is 11.1 Å². The minimum atomic E-state index is -0.492. The van der Waals surface area contributed by atoms with E-state index >= 15 is 0 Å². The van der Waals surface area contributed by atoms with Gasteiger partial charge in [0.2, 0.25) is 5.91 Å². The van der Waals surface area contributed by atoms with E-state index in [-0.39, 0.29) is 36.1 Å². The molecule has 0 bridgehead atoms. The van der Waals surface area contributed by atoms with Gasteiger partial charge in [0, 0.05) is 17.1 Å². The van der Waals surface area contributed by atoms with Crippen molar-refractivity contribution in [3.05, 3.63) is 70.0 Å². The van der Waals surface area contributed by atoms with Crippen LogP contribution >= 0.6 is 11.6 Å². The molecule has 0 saturated heterocycles. The van der Waals surface area contributed by atoms with Gasteiger partial charge in [-0.2, -0.15) is 0 Å². The van der Waals surface area contributed by atoms with E-state index in [1.807, 2.05) is 18.2 Å². The van der Waals surface area contributed by atoms with Gasteiger partial charge < -0.3 is 10.4 Å². The molecular weight excluding hydrogens is 293 g/mol. The van der Waals surface area contributed by atoms with Gasteiger partial charge in [0.1, 0.15) is 5.82 Å². The van der Waals surface area contributed by atoms with Crippen LogP contribution in [0, 0.1) is 5.82 Å².